The Morgan fingerprint density at radius 1 is 1.22 bits per heavy atom. The molecule has 3 heteroatoms. The molecule has 2 rings (SSSR count). The summed E-state index contributed by atoms with van der Waals surface area (Å²) < 4.78 is 0. The Kier molecular flexibility index (Phi) is 5.46. The summed E-state index contributed by atoms with van der Waals surface area (Å²) in [6, 6.07) is 1.39. The molecule has 1 heterocycles. The SMILES string of the molecule is CCN1CCCC1CN(C)C(CN)C1CCCC1. The van der Waals surface area contributed by atoms with Crippen molar-refractivity contribution in [2.45, 2.75) is 57.5 Å². The van der Waals surface area contributed by atoms with Crippen molar-refractivity contribution in [3.63, 3.8) is 0 Å². The van der Waals surface area contributed by atoms with Gasteiger partial charge in [-0.3, -0.25) is 4.90 Å². The first-order valence-electron chi connectivity index (χ1n) is 7.90. The maximum absolute atomic E-state index is 6.04. The van der Waals surface area contributed by atoms with E-state index in [1.54, 1.807) is 0 Å². The van der Waals surface area contributed by atoms with Crippen molar-refractivity contribution in [2.75, 3.05) is 33.2 Å². The first-order chi connectivity index (χ1) is 8.76. The van der Waals surface area contributed by atoms with Crippen LogP contribution in [0.3, 0.4) is 0 Å². The molecular weight excluding hydrogens is 222 g/mol. The Hall–Kier alpha value is -0.120. The Labute approximate surface area is 113 Å². The second-order valence-electron chi connectivity index (χ2n) is 6.21. The minimum absolute atomic E-state index is 0.617. The lowest BCUT2D eigenvalue weighted by atomic mass is 9.96. The molecule has 0 aromatic rings. The van der Waals surface area contributed by atoms with Crippen LogP contribution in [0.2, 0.25) is 0 Å². The van der Waals surface area contributed by atoms with Crippen molar-refractivity contribution in [2.24, 2.45) is 11.7 Å². The zero-order chi connectivity index (χ0) is 13.0. The van der Waals surface area contributed by atoms with Gasteiger partial charge in [-0.1, -0.05) is 19.8 Å². The number of hydrogen-bond donors (Lipinski definition) is 1. The van der Waals surface area contributed by atoms with Crippen LogP contribution in [-0.2, 0) is 0 Å². The van der Waals surface area contributed by atoms with Crippen LogP contribution in [0.5, 0.6) is 0 Å². The maximum Gasteiger partial charge on any atom is 0.0244 e. The molecule has 2 N–H and O–H groups in total. The summed E-state index contributed by atoms with van der Waals surface area (Å²) in [5, 5.41) is 0. The van der Waals surface area contributed by atoms with E-state index in [4.69, 9.17) is 5.73 Å². The Bertz CT molecular complexity index is 238. The van der Waals surface area contributed by atoms with Crippen LogP contribution in [0.25, 0.3) is 0 Å². The van der Waals surface area contributed by atoms with Gasteiger partial charge in [-0.25, -0.2) is 0 Å². The van der Waals surface area contributed by atoms with E-state index >= 15 is 0 Å². The highest BCUT2D eigenvalue weighted by Crippen LogP contribution is 2.30. The van der Waals surface area contributed by atoms with E-state index in [1.165, 1.54) is 58.2 Å². The van der Waals surface area contributed by atoms with Crippen molar-refractivity contribution in [3.8, 4) is 0 Å². The van der Waals surface area contributed by atoms with Gasteiger partial charge >= 0.3 is 0 Å². The standard InChI is InChI=1S/C15H31N3/c1-3-18-10-6-9-14(18)12-17(2)15(11-16)13-7-4-5-8-13/h13-15H,3-12,16H2,1-2H3. The lowest BCUT2D eigenvalue weighted by Gasteiger charge is -2.35. The molecule has 0 amide bonds. The van der Waals surface area contributed by atoms with E-state index in [-0.39, 0.29) is 0 Å². The zero-order valence-electron chi connectivity index (χ0n) is 12.3. The molecule has 1 aliphatic heterocycles. The second-order valence-corrected chi connectivity index (χ2v) is 6.21. The summed E-state index contributed by atoms with van der Waals surface area (Å²) in [7, 11) is 2.29. The number of nitrogens with zero attached hydrogens (tertiary/aromatic N) is 2. The molecule has 0 aromatic carbocycles. The molecule has 0 aromatic heterocycles. The lowest BCUT2D eigenvalue weighted by molar-refractivity contribution is 0.133. The van der Waals surface area contributed by atoms with E-state index in [2.05, 4.69) is 23.8 Å². The third-order valence-corrected chi connectivity index (χ3v) is 5.16. The minimum Gasteiger partial charge on any atom is -0.329 e. The van der Waals surface area contributed by atoms with Crippen molar-refractivity contribution < 1.29 is 0 Å². The largest absolute Gasteiger partial charge is 0.329 e. The van der Waals surface area contributed by atoms with Crippen LogP contribution in [0, 0.1) is 5.92 Å². The molecule has 1 saturated heterocycles. The highest BCUT2D eigenvalue weighted by molar-refractivity contribution is 4.87. The van der Waals surface area contributed by atoms with Gasteiger partial charge in [0.05, 0.1) is 0 Å². The maximum atomic E-state index is 6.04. The van der Waals surface area contributed by atoms with Crippen LogP contribution in [0.1, 0.15) is 45.4 Å². The molecule has 1 saturated carbocycles. The lowest BCUT2D eigenvalue weighted by Crippen LogP contribution is -2.48. The molecule has 0 bridgehead atoms. The van der Waals surface area contributed by atoms with Crippen LogP contribution in [0.15, 0.2) is 0 Å². The number of rotatable bonds is 6. The molecule has 1 aliphatic carbocycles. The van der Waals surface area contributed by atoms with Gasteiger partial charge in [-0.15, -0.1) is 0 Å². The Balaban J connectivity index is 1.86. The van der Waals surface area contributed by atoms with Gasteiger partial charge in [0.2, 0.25) is 0 Å². The van der Waals surface area contributed by atoms with E-state index in [0.717, 1.165) is 18.5 Å². The smallest absolute Gasteiger partial charge is 0.0244 e. The van der Waals surface area contributed by atoms with Gasteiger partial charge in [0.15, 0.2) is 0 Å². The van der Waals surface area contributed by atoms with Crippen molar-refractivity contribution >= 4 is 0 Å². The topological polar surface area (TPSA) is 32.5 Å². The van der Waals surface area contributed by atoms with Gasteiger partial charge in [-0.05, 0) is 51.7 Å². The highest BCUT2D eigenvalue weighted by atomic mass is 15.2. The first-order valence-corrected chi connectivity index (χ1v) is 7.90. The Morgan fingerprint density at radius 3 is 2.56 bits per heavy atom. The molecular formula is C15H31N3. The molecule has 2 fully saturated rings. The molecule has 0 spiro atoms. The average molecular weight is 253 g/mol. The molecule has 18 heavy (non-hydrogen) atoms. The predicted molar refractivity (Wildman–Crippen MR) is 77.7 cm³/mol. The van der Waals surface area contributed by atoms with Gasteiger partial charge in [-0.2, -0.15) is 0 Å². The fourth-order valence-electron chi connectivity index (χ4n) is 4.06. The van der Waals surface area contributed by atoms with Gasteiger partial charge in [0.25, 0.3) is 0 Å². The third kappa shape index (κ3) is 3.25. The number of likely N-dealkylation sites (N-methyl/N-ethyl adjacent to an activating group) is 2. The molecule has 106 valence electrons. The van der Waals surface area contributed by atoms with E-state index in [9.17, 15) is 0 Å². The molecule has 3 nitrogen and oxygen atoms in total. The zero-order valence-corrected chi connectivity index (χ0v) is 12.3. The predicted octanol–water partition coefficient (Wildman–Crippen LogP) is 1.92. The molecule has 2 aliphatic rings. The van der Waals surface area contributed by atoms with E-state index < -0.39 is 0 Å². The quantitative estimate of drug-likeness (QED) is 0.785. The second kappa shape index (κ2) is 6.88. The Morgan fingerprint density at radius 2 is 1.94 bits per heavy atom. The van der Waals surface area contributed by atoms with Crippen molar-refractivity contribution in [1.82, 2.24) is 9.80 Å². The summed E-state index contributed by atoms with van der Waals surface area (Å²) in [6.45, 7) is 6.84. The van der Waals surface area contributed by atoms with Gasteiger partial charge in [0, 0.05) is 25.2 Å². The third-order valence-electron chi connectivity index (χ3n) is 5.16. The number of nitrogens with two attached hydrogens (primary N) is 1. The fraction of sp³-hybridized carbons (Fsp3) is 1.00. The van der Waals surface area contributed by atoms with Crippen LogP contribution >= 0.6 is 0 Å². The average Bonchev–Trinajstić information content (AvgIpc) is 3.01. The summed E-state index contributed by atoms with van der Waals surface area (Å²) >= 11 is 0. The normalized spacial score (nSPS) is 28.3. The van der Waals surface area contributed by atoms with Gasteiger partial charge < -0.3 is 10.6 Å². The van der Waals surface area contributed by atoms with Crippen LogP contribution in [-0.4, -0.2) is 55.1 Å². The van der Waals surface area contributed by atoms with E-state index in [1.807, 2.05) is 0 Å². The fourth-order valence-corrected chi connectivity index (χ4v) is 4.06. The molecule has 2 atom stereocenters. The van der Waals surface area contributed by atoms with Crippen molar-refractivity contribution in [3.05, 3.63) is 0 Å². The summed E-state index contributed by atoms with van der Waals surface area (Å²) in [5.41, 5.74) is 6.04. The van der Waals surface area contributed by atoms with E-state index in [0.29, 0.717) is 6.04 Å². The van der Waals surface area contributed by atoms with Crippen LogP contribution < -0.4 is 5.73 Å². The molecule has 0 radical (unpaired) electrons. The summed E-state index contributed by atoms with van der Waals surface area (Å²) in [4.78, 5) is 5.20. The summed E-state index contributed by atoms with van der Waals surface area (Å²) in [5.74, 6) is 0.858. The monoisotopic (exact) mass is 253 g/mol. The first kappa shape index (κ1) is 14.3. The summed E-state index contributed by atoms with van der Waals surface area (Å²) in [6.07, 6.45) is 8.38. The molecule has 2 unspecified atom stereocenters. The minimum atomic E-state index is 0.617. The highest BCUT2D eigenvalue weighted by Gasteiger charge is 2.30. The number of hydrogen-bond acceptors (Lipinski definition) is 3. The van der Waals surface area contributed by atoms with Crippen LogP contribution in [0.4, 0.5) is 0 Å². The van der Waals surface area contributed by atoms with Crippen molar-refractivity contribution in [1.29, 1.82) is 0 Å². The van der Waals surface area contributed by atoms with Gasteiger partial charge in [0.1, 0.15) is 0 Å². The number of likely N-dealkylation sites (tertiary alicyclic amines) is 1.